The molecule has 154 valence electrons. The van der Waals surface area contributed by atoms with Crippen LogP contribution in [0.1, 0.15) is 0 Å². The van der Waals surface area contributed by atoms with Crippen molar-refractivity contribution in [1.82, 2.24) is 14.5 Å². The zero-order valence-corrected chi connectivity index (χ0v) is 17.9. The van der Waals surface area contributed by atoms with E-state index in [0.29, 0.717) is 5.69 Å². The van der Waals surface area contributed by atoms with E-state index in [1.165, 1.54) is 6.26 Å². The number of anilines is 2. The average molecular weight is 429 g/mol. The van der Waals surface area contributed by atoms with E-state index in [2.05, 4.69) is 44.1 Å². The lowest BCUT2D eigenvalue weighted by atomic mass is 10.0. The molecule has 7 heteroatoms. The second-order valence-electron chi connectivity index (χ2n) is 7.54. The van der Waals surface area contributed by atoms with E-state index < -0.39 is 9.84 Å². The Morgan fingerprint density at radius 3 is 2.58 bits per heavy atom. The first-order valence-corrected chi connectivity index (χ1v) is 11.7. The number of hydrogen-bond donors (Lipinski definition) is 1. The molecule has 0 amide bonds. The third kappa shape index (κ3) is 3.53. The van der Waals surface area contributed by atoms with Gasteiger partial charge in [0.05, 0.1) is 21.6 Å². The second-order valence-corrected chi connectivity index (χ2v) is 9.53. The zero-order chi connectivity index (χ0) is 21.6. The predicted octanol–water partition coefficient (Wildman–Crippen LogP) is 4.94. The van der Waals surface area contributed by atoms with Crippen LogP contribution >= 0.6 is 0 Å². The molecule has 0 fully saturated rings. The first-order valence-electron chi connectivity index (χ1n) is 9.76. The fourth-order valence-corrected chi connectivity index (χ4v) is 4.69. The number of aryl methyl sites for hydroxylation is 1. The topological polar surface area (TPSA) is 76.9 Å². The van der Waals surface area contributed by atoms with Crippen molar-refractivity contribution in [3.05, 3.63) is 79.3 Å². The van der Waals surface area contributed by atoms with Gasteiger partial charge >= 0.3 is 0 Å². The monoisotopic (exact) mass is 428 g/mol. The van der Waals surface area contributed by atoms with Gasteiger partial charge in [-0.1, -0.05) is 24.3 Å². The fraction of sp³-hybridized carbons (Fsp3) is 0.0833. The Labute approximate surface area is 180 Å². The number of rotatable bonds is 4. The molecule has 0 aliphatic carbocycles. The number of para-hydroxylation sites is 1. The van der Waals surface area contributed by atoms with Crippen molar-refractivity contribution < 1.29 is 8.42 Å². The maximum Gasteiger partial charge on any atom is 0.177 e. The van der Waals surface area contributed by atoms with Gasteiger partial charge in [-0.25, -0.2) is 8.42 Å². The summed E-state index contributed by atoms with van der Waals surface area (Å²) in [5.41, 5.74) is 5.84. The number of aromatic nitrogens is 3. The van der Waals surface area contributed by atoms with Gasteiger partial charge in [0.25, 0.3) is 0 Å². The molecule has 0 bridgehead atoms. The molecule has 0 radical (unpaired) electrons. The average Bonchev–Trinajstić information content (AvgIpc) is 3.13. The molecule has 0 aliphatic heterocycles. The quantitative estimate of drug-likeness (QED) is 0.439. The second kappa shape index (κ2) is 7.21. The van der Waals surface area contributed by atoms with Crippen molar-refractivity contribution in [2.24, 2.45) is 7.05 Å². The standard InChI is InChI=1S/C24H20N4O2S/c1-28-12-9-16-7-8-17(13-22(16)28)19-14-18(15-21-24(19)26-11-10-25-21)27-20-5-3-4-6-23(20)31(2,29)30/h3-15,27H,1-2H3. The third-order valence-corrected chi connectivity index (χ3v) is 6.49. The van der Waals surface area contributed by atoms with Crippen LogP contribution in [0.3, 0.4) is 0 Å². The molecule has 2 aromatic heterocycles. The summed E-state index contributed by atoms with van der Waals surface area (Å²) >= 11 is 0. The minimum atomic E-state index is -3.37. The molecule has 3 aromatic carbocycles. The van der Waals surface area contributed by atoms with Crippen molar-refractivity contribution in [3.8, 4) is 11.1 Å². The minimum absolute atomic E-state index is 0.251. The van der Waals surface area contributed by atoms with Crippen LogP contribution < -0.4 is 5.32 Å². The molecule has 5 rings (SSSR count). The zero-order valence-electron chi connectivity index (χ0n) is 17.1. The number of benzene rings is 3. The van der Waals surface area contributed by atoms with E-state index >= 15 is 0 Å². The maximum atomic E-state index is 12.2. The van der Waals surface area contributed by atoms with Gasteiger partial charge in [-0.2, -0.15) is 0 Å². The fourth-order valence-electron chi connectivity index (χ4n) is 3.85. The highest BCUT2D eigenvalue weighted by Crippen LogP contribution is 2.34. The van der Waals surface area contributed by atoms with Crippen LogP contribution in [0, 0.1) is 0 Å². The Bertz CT molecular complexity index is 1560. The normalized spacial score (nSPS) is 11.8. The first kappa shape index (κ1) is 19.3. The van der Waals surface area contributed by atoms with Gasteiger partial charge in [-0.15, -0.1) is 0 Å². The van der Waals surface area contributed by atoms with E-state index in [9.17, 15) is 8.42 Å². The first-order chi connectivity index (χ1) is 14.9. The number of hydrogen-bond acceptors (Lipinski definition) is 5. The van der Waals surface area contributed by atoms with Crippen molar-refractivity contribution in [3.63, 3.8) is 0 Å². The molecule has 0 spiro atoms. The summed E-state index contributed by atoms with van der Waals surface area (Å²) in [6.45, 7) is 0. The molecule has 0 unspecified atom stereocenters. The number of nitrogens with one attached hydrogen (secondary N) is 1. The Hall–Kier alpha value is -3.71. The number of fused-ring (bicyclic) bond motifs is 2. The molecule has 0 saturated carbocycles. The van der Waals surface area contributed by atoms with Crippen molar-refractivity contribution in [2.75, 3.05) is 11.6 Å². The Kier molecular flexibility index (Phi) is 4.48. The smallest absolute Gasteiger partial charge is 0.177 e. The molecule has 0 aliphatic rings. The van der Waals surface area contributed by atoms with Crippen molar-refractivity contribution >= 4 is 43.1 Å². The minimum Gasteiger partial charge on any atom is -0.354 e. The summed E-state index contributed by atoms with van der Waals surface area (Å²) in [5, 5.41) is 4.44. The van der Waals surface area contributed by atoms with Gasteiger partial charge in [0.15, 0.2) is 9.84 Å². The SMILES string of the molecule is Cn1ccc2ccc(-c3cc(Nc4ccccc4S(C)(=O)=O)cc4nccnc34)cc21. The number of nitrogens with zero attached hydrogens (tertiary/aromatic N) is 3. The van der Waals surface area contributed by atoms with Crippen LogP contribution in [-0.2, 0) is 16.9 Å². The summed E-state index contributed by atoms with van der Waals surface area (Å²) in [4.78, 5) is 9.30. The molecule has 0 saturated heterocycles. The van der Waals surface area contributed by atoms with Crippen LogP contribution in [0.2, 0.25) is 0 Å². The summed E-state index contributed by atoms with van der Waals surface area (Å²) < 4.78 is 26.5. The van der Waals surface area contributed by atoms with Gasteiger partial charge in [0.2, 0.25) is 0 Å². The lowest BCUT2D eigenvalue weighted by Crippen LogP contribution is -2.03. The summed E-state index contributed by atoms with van der Waals surface area (Å²) in [7, 11) is -1.36. The van der Waals surface area contributed by atoms with Crippen LogP contribution in [0.25, 0.3) is 33.1 Å². The van der Waals surface area contributed by atoms with E-state index in [-0.39, 0.29) is 4.90 Å². The van der Waals surface area contributed by atoms with Gasteiger partial charge < -0.3 is 9.88 Å². The van der Waals surface area contributed by atoms with E-state index in [1.54, 1.807) is 30.6 Å². The molecule has 0 atom stereocenters. The third-order valence-electron chi connectivity index (χ3n) is 5.34. The molecule has 5 aromatic rings. The molecule has 31 heavy (non-hydrogen) atoms. The Morgan fingerprint density at radius 1 is 0.935 bits per heavy atom. The van der Waals surface area contributed by atoms with E-state index in [1.807, 2.05) is 31.4 Å². The van der Waals surface area contributed by atoms with Gasteiger partial charge in [0, 0.05) is 48.7 Å². The van der Waals surface area contributed by atoms with Crippen LogP contribution in [0.4, 0.5) is 11.4 Å². The van der Waals surface area contributed by atoms with Crippen molar-refractivity contribution in [2.45, 2.75) is 4.90 Å². The lowest BCUT2D eigenvalue weighted by molar-refractivity contribution is 0.602. The van der Waals surface area contributed by atoms with Crippen molar-refractivity contribution in [1.29, 1.82) is 0 Å². The largest absolute Gasteiger partial charge is 0.354 e. The molecule has 2 heterocycles. The number of sulfone groups is 1. The molecular formula is C24H20N4O2S. The van der Waals surface area contributed by atoms with Crippen LogP contribution in [-0.4, -0.2) is 29.2 Å². The molecule has 1 N–H and O–H groups in total. The van der Waals surface area contributed by atoms with E-state index in [0.717, 1.165) is 38.8 Å². The van der Waals surface area contributed by atoms with Crippen LogP contribution in [0.5, 0.6) is 0 Å². The predicted molar refractivity (Wildman–Crippen MR) is 124 cm³/mol. The van der Waals surface area contributed by atoms with Gasteiger partial charge in [-0.05, 0) is 47.3 Å². The van der Waals surface area contributed by atoms with Crippen LogP contribution in [0.15, 0.2) is 84.1 Å². The Balaban J connectivity index is 1.69. The molecular weight excluding hydrogens is 408 g/mol. The Morgan fingerprint density at radius 2 is 1.74 bits per heavy atom. The summed E-state index contributed by atoms with van der Waals surface area (Å²) in [6.07, 6.45) is 6.58. The molecule has 6 nitrogen and oxygen atoms in total. The lowest BCUT2D eigenvalue weighted by Gasteiger charge is -2.14. The van der Waals surface area contributed by atoms with Gasteiger partial charge in [0.1, 0.15) is 0 Å². The highest BCUT2D eigenvalue weighted by molar-refractivity contribution is 7.90. The highest BCUT2D eigenvalue weighted by Gasteiger charge is 2.15. The highest BCUT2D eigenvalue weighted by atomic mass is 32.2. The maximum absolute atomic E-state index is 12.2. The summed E-state index contributed by atoms with van der Waals surface area (Å²) in [5.74, 6) is 0. The van der Waals surface area contributed by atoms with Gasteiger partial charge in [-0.3, -0.25) is 9.97 Å². The summed E-state index contributed by atoms with van der Waals surface area (Å²) in [6, 6.07) is 19.1. The van der Waals surface area contributed by atoms with E-state index in [4.69, 9.17) is 0 Å².